The first-order valence-corrected chi connectivity index (χ1v) is 7.26. The molecular formula is C14H17NO3S. The summed E-state index contributed by atoms with van der Waals surface area (Å²) in [5.41, 5.74) is 0.864. The summed E-state index contributed by atoms with van der Waals surface area (Å²) in [7, 11) is 0. The highest BCUT2D eigenvalue weighted by molar-refractivity contribution is 7.98. The maximum absolute atomic E-state index is 12.1. The average Bonchev–Trinajstić information content (AvgIpc) is 2.64. The van der Waals surface area contributed by atoms with Crippen molar-refractivity contribution in [3.63, 3.8) is 0 Å². The van der Waals surface area contributed by atoms with E-state index in [0.29, 0.717) is 5.56 Å². The van der Waals surface area contributed by atoms with E-state index in [-0.39, 0.29) is 12.5 Å². The van der Waals surface area contributed by atoms with Gasteiger partial charge in [-0.3, -0.25) is 4.79 Å². The van der Waals surface area contributed by atoms with Gasteiger partial charge in [0, 0.05) is 10.5 Å². The van der Waals surface area contributed by atoms with Crippen molar-refractivity contribution in [2.24, 2.45) is 0 Å². The molecule has 0 saturated heterocycles. The van der Waals surface area contributed by atoms with Crippen molar-refractivity contribution in [3.05, 3.63) is 29.3 Å². The van der Waals surface area contributed by atoms with Crippen molar-refractivity contribution in [1.82, 2.24) is 4.90 Å². The molecular weight excluding hydrogens is 262 g/mol. The predicted molar refractivity (Wildman–Crippen MR) is 74.3 cm³/mol. The number of ether oxygens (including phenoxy) is 1. The second-order valence-electron chi connectivity index (χ2n) is 5.39. The number of hydrogen-bond donors (Lipinski definition) is 0. The average molecular weight is 279 g/mol. The molecule has 4 nitrogen and oxygen atoms in total. The Morgan fingerprint density at radius 3 is 2.63 bits per heavy atom. The summed E-state index contributed by atoms with van der Waals surface area (Å²) in [4.78, 5) is 26.3. The molecule has 0 bridgehead atoms. The maximum Gasteiger partial charge on any atom is 0.417 e. The van der Waals surface area contributed by atoms with Gasteiger partial charge in [-0.25, -0.2) is 9.69 Å². The van der Waals surface area contributed by atoms with Crippen LogP contribution in [-0.4, -0.2) is 28.8 Å². The molecule has 5 heteroatoms. The van der Waals surface area contributed by atoms with Crippen LogP contribution < -0.4 is 0 Å². The van der Waals surface area contributed by atoms with Crippen molar-refractivity contribution < 1.29 is 14.3 Å². The highest BCUT2D eigenvalue weighted by atomic mass is 32.2. The van der Waals surface area contributed by atoms with E-state index in [2.05, 4.69) is 0 Å². The highest BCUT2D eigenvalue weighted by Crippen LogP contribution is 2.28. The van der Waals surface area contributed by atoms with E-state index in [4.69, 9.17) is 4.74 Å². The monoisotopic (exact) mass is 279 g/mol. The predicted octanol–water partition coefficient (Wildman–Crippen LogP) is 3.30. The first kappa shape index (κ1) is 13.9. The maximum atomic E-state index is 12.1. The molecule has 1 aliphatic heterocycles. The van der Waals surface area contributed by atoms with Crippen LogP contribution >= 0.6 is 11.8 Å². The van der Waals surface area contributed by atoms with Crippen molar-refractivity contribution in [2.45, 2.75) is 37.8 Å². The third kappa shape index (κ3) is 2.92. The summed E-state index contributed by atoms with van der Waals surface area (Å²) in [6.07, 6.45) is 1.39. The van der Waals surface area contributed by atoms with Crippen molar-refractivity contribution in [2.75, 3.05) is 6.26 Å². The first-order chi connectivity index (χ1) is 8.81. The van der Waals surface area contributed by atoms with E-state index in [1.165, 1.54) is 0 Å². The Morgan fingerprint density at radius 2 is 2.05 bits per heavy atom. The van der Waals surface area contributed by atoms with Crippen LogP contribution in [0.25, 0.3) is 0 Å². The van der Waals surface area contributed by atoms with Gasteiger partial charge in [0.25, 0.3) is 5.91 Å². The fourth-order valence-electron chi connectivity index (χ4n) is 1.89. The molecule has 0 aromatic heterocycles. The van der Waals surface area contributed by atoms with Gasteiger partial charge in [-0.2, -0.15) is 0 Å². The lowest BCUT2D eigenvalue weighted by molar-refractivity contribution is 0.0248. The van der Waals surface area contributed by atoms with Gasteiger partial charge in [-0.1, -0.05) is 0 Å². The van der Waals surface area contributed by atoms with Crippen LogP contribution in [0.2, 0.25) is 0 Å². The molecule has 0 fully saturated rings. The normalized spacial score (nSPS) is 14.5. The molecule has 2 rings (SSSR count). The highest BCUT2D eigenvalue weighted by Gasteiger charge is 2.34. The molecule has 0 aliphatic carbocycles. The Labute approximate surface area is 117 Å². The molecule has 0 spiro atoms. The third-order valence-electron chi connectivity index (χ3n) is 2.73. The Morgan fingerprint density at radius 1 is 1.37 bits per heavy atom. The largest absolute Gasteiger partial charge is 0.443 e. The zero-order valence-corrected chi connectivity index (χ0v) is 12.3. The summed E-state index contributed by atoms with van der Waals surface area (Å²) in [6, 6.07) is 5.61. The molecule has 102 valence electrons. The van der Waals surface area contributed by atoms with Crippen LogP contribution in [0, 0.1) is 0 Å². The number of carbonyl (C=O) groups excluding carboxylic acids is 2. The van der Waals surface area contributed by atoms with Gasteiger partial charge in [-0.05, 0) is 50.8 Å². The molecule has 0 N–H and O–H groups in total. The molecule has 1 aromatic rings. The smallest absolute Gasteiger partial charge is 0.417 e. The molecule has 0 unspecified atom stereocenters. The Hall–Kier alpha value is -1.49. The fourth-order valence-corrected chi connectivity index (χ4v) is 2.35. The Kier molecular flexibility index (Phi) is 3.58. The van der Waals surface area contributed by atoms with Gasteiger partial charge in [0.1, 0.15) is 5.60 Å². The Bertz CT molecular complexity index is 534. The number of benzene rings is 1. The van der Waals surface area contributed by atoms with Crippen LogP contribution in [0.5, 0.6) is 0 Å². The van der Waals surface area contributed by atoms with Gasteiger partial charge in [0.2, 0.25) is 0 Å². The number of thioether (sulfide) groups is 1. The summed E-state index contributed by atoms with van der Waals surface area (Å²) < 4.78 is 5.24. The van der Waals surface area contributed by atoms with E-state index in [1.807, 2.05) is 18.4 Å². The molecule has 1 aromatic carbocycles. The minimum atomic E-state index is -0.601. The van der Waals surface area contributed by atoms with E-state index in [9.17, 15) is 9.59 Å². The summed E-state index contributed by atoms with van der Waals surface area (Å²) in [5, 5.41) is 0. The van der Waals surface area contributed by atoms with Gasteiger partial charge >= 0.3 is 6.09 Å². The lowest BCUT2D eigenvalue weighted by Crippen LogP contribution is -2.36. The zero-order chi connectivity index (χ0) is 14.2. The number of imide groups is 1. The number of amides is 2. The van der Waals surface area contributed by atoms with Crippen LogP contribution in [0.3, 0.4) is 0 Å². The topological polar surface area (TPSA) is 46.6 Å². The Balaban J connectivity index is 2.21. The molecule has 0 atom stereocenters. The summed E-state index contributed by atoms with van der Waals surface area (Å²) in [5.74, 6) is -0.281. The van der Waals surface area contributed by atoms with E-state index in [0.717, 1.165) is 15.4 Å². The number of hydrogen-bond acceptors (Lipinski definition) is 4. The van der Waals surface area contributed by atoms with Crippen LogP contribution in [0.1, 0.15) is 36.7 Å². The third-order valence-corrected chi connectivity index (χ3v) is 3.46. The van der Waals surface area contributed by atoms with Gasteiger partial charge in [0.15, 0.2) is 0 Å². The quantitative estimate of drug-likeness (QED) is 0.740. The van der Waals surface area contributed by atoms with Crippen LogP contribution in [-0.2, 0) is 11.3 Å². The van der Waals surface area contributed by atoms with Crippen molar-refractivity contribution in [1.29, 1.82) is 0 Å². The fraction of sp³-hybridized carbons (Fsp3) is 0.429. The van der Waals surface area contributed by atoms with E-state index < -0.39 is 11.7 Å². The minimum Gasteiger partial charge on any atom is -0.443 e. The number of nitrogens with zero attached hydrogens (tertiary/aromatic N) is 1. The van der Waals surface area contributed by atoms with Gasteiger partial charge in [-0.15, -0.1) is 11.8 Å². The number of rotatable bonds is 1. The lowest BCUT2D eigenvalue weighted by Gasteiger charge is -2.23. The second-order valence-corrected chi connectivity index (χ2v) is 6.27. The molecule has 0 saturated carbocycles. The number of carbonyl (C=O) groups is 2. The first-order valence-electron chi connectivity index (χ1n) is 6.03. The van der Waals surface area contributed by atoms with E-state index >= 15 is 0 Å². The van der Waals surface area contributed by atoms with Gasteiger partial charge in [0.05, 0.1) is 6.54 Å². The van der Waals surface area contributed by atoms with Crippen LogP contribution in [0.4, 0.5) is 4.79 Å². The summed E-state index contributed by atoms with van der Waals surface area (Å²) in [6.45, 7) is 5.64. The SMILES string of the molecule is CSc1ccc2c(c1)CN(C(=O)OC(C)(C)C)C2=O. The summed E-state index contributed by atoms with van der Waals surface area (Å²) >= 11 is 1.61. The molecule has 0 radical (unpaired) electrons. The van der Waals surface area contributed by atoms with Crippen LogP contribution in [0.15, 0.2) is 23.1 Å². The minimum absolute atomic E-state index is 0.281. The number of fused-ring (bicyclic) bond motifs is 1. The van der Waals surface area contributed by atoms with Gasteiger partial charge < -0.3 is 4.74 Å². The molecule has 19 heavy (non-hydrogen) atoms. The standard InChI is InChI=1S/C14H17NO3S/c1-14(2,3)18-13(17)15-8-9-7-10(19-4)5-6-11(9)12(15)16/h5-7H,8H2,1-4H3. The van der Waals surface area contributed by atoms with Crippen molar-refractivity contribution in [3.8, 4) is 0 Å². The molecule has 2 amide bonds. The van der Waals surface area contributed by atoms with E-state index in [1.54, 1.807) is 38.6 Å². The molecule has 1 aliphatic rings. The second kappa shape index (κ2) is 4.89. The van der Waals surface area contributed by atoms with Crippen molar-refractivity contribution >= 4 is 23.8 Å². The molecule has 1 heterocycles. The zero-order valence-electron chi connectivity index (χ0n) is 11.5. The lowest BCUT2D eigenvalue weighted by atomic mass is 10.1.